The number of nitrogens with zero attached hydrogens (tertiary/aromatic N) is 3. The molecule has 6 heteroatoms. The summed E-state index contributed by atoms with van der Waals surface area (Å²) in [6, 6.07) is 2.47. The van der Waals surface area contributed by atoms with Gasteiger partial charge in [-0.1, -0.05) is 0 Å². The van der Waals surface area contributed by atoms with Crippen LogP contribution in [0.25, 0.3) is 0 Å². The average molecular weight is 251 g/mol. The predicted molar refractivity (Wildman–Crippen MR) is 69.1 cm³/mol. The Morgan fingerprint density at radius 1 is 1.56 bits per heavy atom. The lowest BCUT2D eigenvalue weighted by Crippen LogP contribution is -2.48. The molecule has 0 unspecified atom stereocenters. The van der Waals surface area contributed by atoms with E-state index in [9.17, 15) is 4.79 Å². The van der Waals surface area contributed by atoms with Crippen LogP contribution in [0.5, 0.6) is 0 Å². The summed E-state index contributed by atoms with van der Waals surface area (Å²) >= 11 is 0. The van der Waals surface area contributed by atoms with Crippen LogP contribution in [0.2, 0.25) is 0 Å². The summed E-state index contributed by atoms with van der Waals surface area (Å²) in [5.41, 5.74) is 0.923. The van der Waals surface area contributed by atoms with Crippen molar-refractivity contribution in [1.29, 1.82) is 0 Å². The number of carbonyl (C=O) groups is 1. The van der Waals surface area contributed by atoms with Crippen molar-refractivity contribution in [3.63, 3.8) is 0 Å². The first-order valence-corrected chi connectivity index (χ1v) is 6.34. The summed E-state index contributed by atoms with van der Waals surface area (Å²) in [7, 11) is 4.19. The minimum atomic E-state index is 0.0156. The smallest absolute Gasteiger partial charge is 0.317 e. The van der Waals surface area contributed by atoms with Crippen LogP contribution >= 0.6 is 0 Å². The monoisotopic (exact) mass is 251 g/mol. The molecule has 2 rings (SSSR count). The number of urea groups is 1. The number of H-pyrrole nitrogens is 1. The van der Waals surface area contributed by atoms with Crippen molar-refractivity contribution in [2.75, 3.05) is 27.2 Å². The van der Waals surface area contributed by atoms with Gasteiger partial charge in [0.2, 0.25) is 0 Å². The van der Waals surface area contributed by atoms with Crippen molar-refractivity contribution in [2.24, 2.45) is 0 Å². The Morgan fingerprint density at radius 2 is 2.28 bits per heavy atom. The molecule has 2 amide bonds. The van der Waals surface area contributed by atoms with E-state index in [1.54, 1.807) is 6.20 Å². The second-order valence-corrected chi connectivity index (χ2v) is 4.92. The van der Waals surface area contributed by atoms with Crippen LogP contribution in [-0.2, 0) is 6.54 Å². The molecule has 100 valence electrons. The second kappa shape index (κ2) is 5.86. The van der Waals surface area contributed by atoms with Crippen molar-refractivity contribution >= 4 is 6.03 Å². The van der Waals surface area contributed by atoms with Gasteiger partial charge in [-0.2, -0.15) is 5.10 Å². The van der Waals surface area contributed by atoms with Crippen molar-refractivity contribution < 1.29 is 4.79 Å². The van der Waals surface area contributed by atoms with E-state index in [1.807, 2.05) is 11.0 Å². The largest absolute Gasteiger partial charge is 0.332 e. The van der Waals surface area contributed by atoms with Gasteiger partial charge in [0.15, 0.2) is 0 Å². The summed E-state index contributed by atoms with van der Waals surface area (Å²) in [5.74, 6) is 0. The normalized spacial score (nSPS) is 17.2. The van der Waals surface area contributed by atoms with Gasteiger partial charge in [-0.3, -0.25) is 5.10 Å². The molecule has 1 saturated heterocycles. The van der Waals surface area contributed by atoms with Crippen molar-refractivity contribution in [3.8, 4) is 0 Å². The molecular weight excluding hydrogens is 230 g/mol. The first-order valence-electron chi connectivity index (χ1n) is 6.34. The van der Waals surface area contributed by atoms with Crippen LogP contribution < -0.4 is 5.32 Å². The van der Waals surface area contributed by atoms with Gasteiger partial charge in [-0.05, 0) is 33.0 Å². The first kappa shape index (κ1) is 12.9. The van der Waals surface area contributed by atoms with Crippen molar-refractivity contribution in [2.45, 2.75) is 25.4 Å². The topological polar surface area (TPSA) is 64.3 Å². The predicted octanol–water partition coefficient (Wildman–Crippen LogP) is 0.645. The van der Waals surface area contributed by atoms with Crippen LogP contribution in [0.15, 0.2) is 12.3 Å². The van der Waals surface area contributed by atoms with Gasteiger partial charge in [0.25, 0.3) is 0 Å². The van der Waals surface area contributed by atoms with E-state index < -0.39 is 0 Å². The zero-order valence-electron chi connectivity index (χ0n) is 11.0. The van der Waals surface area contributed by atoms with Crippen LogP contribution in [0.1, 0.15) is 18.5 Å². The molecule has 1 aromatic heterocycles. The fraction of sp³-hybridized carbons (Fsp3) is 0.667. The summed E-state index contributed by atoms with van der Waals surface area (Å²) in [4.78, 5) is 16.1. The molecule has 1 aromatic rings. The highest BCUT2D eigenvalue weighted by Crippen LogP contribution is 2.14. The number of nitrogens with one attached hydrogen (secondary N) is 2. The molecule has 1 aliphatic heterocycles. The second-order valence-electron chi connectivity index (χ2n) is 4.92. The molecule has 0 saturated carbocycles. The number of piperidine rings is 1. The molecule has 0 bridgehead atoms. The van der Waals surface area contributed by atoms with Crippen molar-refractivity contribution in [3.05, 3.63) is 18.0 Å². The Hall–Kier alpha value is -1.56. The standard InChI is InChI=1S/C12H21N5O/c1-16(2)11-4-7-17(8-5-11)12(18)13-9-10-3-6-14-15-10/h3,6,11H,4-5,7-9H2,1-2H3,(H,13,18)(H,14,15). The molecule has 0 atom stereocenters. The number of hydrogen-bond acceptors (Lipinski definition) is 3. The fourth-order valence-electron chi connectivity index (χ4n) is 2.25. The number of carbonyl (C=O) groups excluding carboxylic acids is 1. The van der Waals surface area contributed by atoms with Gasteiger partial charge >= 0.3 is 6.03 Å². The molecule has 0 spiro atoms. The molecule has 2 N–H and O–H groups in total. The average Bonchev–Trinajstić information content (AvgIpc) is 2.89. The van der Waals surface area contributed by atoms with Crippen LogP contribution in [-0.4, -0.2) is 59.3 Å². The highest BCUT2D eigenvalue weighted by atomic mass is 16.2. The van der Waals surface area contributed by atoms with E-state index in [2.05, 4.69) is 34.5 Å². The molecule has 1 aliphatic rings. The van der Waals surface area contributed by atoms with E-state index in [0.717, 1.165) is 31.6 Å². The zero-order valence-corrected chi connectivity index (χ0v) is 11.0. The minimum absolute atomic E-state index is 0.0156. The maximum atomic E-state index is 11.9. The van der Waals surface area contributed by atoms with Crippen LogP contribution in [0.4, 0.5) is 4.79 Å². The Morgan fingerprint density at radius 3 is 2.83 bits per heavy atom. The number of aromatic amines is 1. The fourth-order valence-corrected chi connectivity index (χ4v) is 2.25. The number of likely N-dealkylation sites (tertiary alicyclic amines) is 1. The highest BCUT2D eigenvalue weighted by Gasteiger charge is 2.23. The van der Waals surface area contributed by atoms with E-state index in [-0.39, 0.29) is 6.03 Å². The van der Waals surface area contributed by atoms with Gasteiger partial charge in [0.05, 0.1) is 12.2 Å². The van der Waals surface area contributed by atoms with Gasteiger partial charge in [-0.15, -0.1) is 0 Å². The summed E-state index contributed by atoms with van der Waals surface area (Å²) < 4.78 is 0. The Labute approximate surface area is 107 Å². The van der Waals surface area contributed by atoms with E-state index in [0.29, 0.717) is 12.6 Å². The number of amides is 2. The van der Waals surface area contributed by atoms with Gasteiger partial charge in [-0.25, -0.2) is 4.79 Å². The molecule has 6 nitrogen and oxygen atoms in total. The number of rotatable bonds is 3. The van der Waals surface area contributed by atoms with Gasteiger partial charge < -0.3 is 15.1 Å². The lowest BCUT2D eigenvalue weighted by molar-refractivity contribution is 0.148. The summed E-state index contributed by atoms with van der Waals surface area (Å²) in [6.45, 7) is 2.17. The van der Waals surface area contributed by atoms with Crippen LogP contribution in [0.3, 0.4) is 0 Å². The molecule has 2 heterocycles. The Bertz CT molecular complexity index is 368. The lowest BCUT2D eigenvalue weighted by atomic mass is 10.0. The van der Waals surface area contributed by atoms with E-state index in [1.165, 1.54) is 0 Å². The minimum Gasteiger partial charge on any atom is -0.332 e. The van der Waals surface area contributed by atoms with Gasteiger partial charge in [0, 0.05) is 25.3 Å². The van der Waals surface area contributed by atoms with Gasteiger partial charge in [0.1, 0.15) is 0 Å². The molecule has 0 aliphatic carbocycles. The lowest BCUT2D eigenvalue weighted by Gasteiger charge is -2.35. The molecule has 18 heavy (non-hydrogen) atoms. The number of hydrogen-bond donors (Lipinski definition) is 2. The SMILES string of the molecule is CN(C)C1CCN(C(=O)NCc2ccn[nH]2)CC1. The maximum absolute atomic E-state index is 11.9. The zero-order chi connectivity index (χ0) is 13.0. The molecule has 0 radical (unpaired) electrons. The van der Waals surface area contributed by atoms with Crippen LogP contribution in [0, 0.1) is 0 Å². The third kappa shape index (κ3) is 3.22. The Balaban J connectivity index is 1.74. The van der Waals surface area contributed by atoms with E-state index >= 15 is 0 Å². The highest BCUT2D eigenvalue weighted by molar-refractivity contribution is 5.74. The molecule has 0 aromatic carbocycles. The maximum Gasteiger partial charge on any atom is 0.317 e. The Kier molecular flexibility index (Phi) is 4.19. The van der Waals surface area contributed by atoms with Crippen molar-refractivity contribution in [1.82, 2.24) is 25.3 Å². The quantitative estimate of drug-likeness (QED) is 0.829. The molecule has 1 fully saturated rings. The third-order valence-electron chi connectivity index (χ3n) is 3.47. The summed E-state index contributed by atoms with van der Waals surface area (Å²) in [5, 5.41) is 9.58. The van der Waals surface area contributed by atoms with E-state index in [4.69, 9.17) is 0 Å². The third-order valence-corrected chi connectivity index (χ3v) is 3.47. The summed E-state index contributed by atoms with van der Waals surface area (Å²) in [6.07, 6.45) is 3.78. The number of aromatic nitrogens is 2. The first-order chi connectivity index (χ1) is 8.66. The molecular formula is C12H21N5O.